The number of halogens is 2. The van der Waals surface area contributed by atoms with Gasteiger partial charge in [0.05, 0.1) is 16.9 Å². The van der Waals surface area contributed by atoms with E-state index in [4.69, 9.17) is 11.6 Å². The van der Waals surface area contributed by atoms with Gasteiger partial charge in [0.25, 0.3) is 5.91 Å². The van der Waals surface area contributed by atoms with Crippen molar-refractivity contribution in [3.63, 3.8) is 0 Å². The van der Waals surface area contributed by atoms with Gasteiger partial charge in [0, 0.05) is 10.7 Å². The van der Waals surface area contributed by atoms with Crippen molar-refractivity contribution in [2.24, 2.45) is 0 Å². The predicted octanol–water partition coefficient (Wildman–Crippen LogP) is 3.81. The summed E-state index contributed by atoms with van der Waals surface area (Å²) >= 11 is 10.6. The Bertz CT molecular complexity index is 529. The Morgan fingerprint density at radius 1 is 1.50 bits per heavy atom. The third-order valence-corrected chi connectivity index (χ3v) is 4.01. The number of aromatic nitrogens is 1. The fourth-order valence-electron chi connectivity index (χ4n) is 1.10. The molecule has 6 heteroatoms. The molecular formula is C10H6BrClN2OS. The summed E-state index contributed by atoms with van der Waals surface area (Å²) in [5, 5.41) is 5.01. The summed E-state index contributed by atoms with van der Waals surface area (Å²) in [5.41, 5.74) is 0.509. The number of pyridine rings is 1. The van der Waals surface area contributed by atoms with Gasteiger partial charge >= 0.3 is 0 Å². The van der Waals surface area contributed by atoms with Crippen LogP contribution in [0.1, 0.15) is 9.67 Å². The Labute approximate surface area is 110 Å². The molecule has 0 aliphatic rings. The average molecular weight is 318 g/mol. The summed E-state index contributed by atoms with van der Waals surface area (Å²) in [6.07, 6.45) is 3.08. The lowest BCUT2D eigenvalue weighted by Crippen LogP contribution is -2.11. The van der Waals surface area contributed by atoms with E-state index in [2.05, 4.69) is 26.2 Å². The Kier molecular flexibility index (Phi) is 3.58. The van der Waals surface area contributed by atoms with Crippen molar-refractivity contribution in [2.75, 3.05) is 5.32 Å². The number of nitrogens with zero attached hydrogens (tertiary/aromatic N) is 1. The van der Waals surface area contributed by atoms with Crippen LogP contribution in [0.15, 0.2) is 34.4 Å². The molecule has 3 nitrogen and oxygen atoms in total. The van der Waals surface area contributed by atoms with Crippen LogP contribution in [0, 0.1) is 0 Å². The fourth-order valence-corrected chi connectivity index (χ4v) is 2.70. The maximum absolute atomic E-state index is 11.8. The molecule has 1 N–H and O–H groups in total. The predicted molar refractivity (Wildman–Crippen MR) is 69.2 cm³/mol. The fraction of sp³-hybridized carbons (Fsp3) is 0. The molecule has 0 saturated heterocycles. The molecule has 0 fully saturated rings. The van der Waals surface area contributed by atoms with Crippen LogP contribution in [0.25, 0.3) is 0 Å². The summed E-state index contributed by atoms with van der Waals surface area (Å²) in [7, 11) is 0. The number of hydrogen-bond acceptors (Lipinski definition) is 3. The number of nitrogens with one attached hydrogen (secondary N) is 1. The van der Waals surface area contributed by atoms with E-state index in [0.29, 0.717) is 15.6 Å². The quantitative estimate of drug-likeness (QED) is 0.915. The topological polar surface area (TPSA) is 42.0 Å². The molecule has 0 aliphatic heterocycles. The largest absolute Gasteiger partial charge is 0.319 e. The number of anilines is 1. The molecule has 2 aromatic heterocycles. The highest BCUT2D eigenvalue weighted by molar-refractivity contribution is 9.10. The van der Waals surface area contributed by atoms with Gasteiger partial charge in [0.2, 0.25) is 0 Å². The smallest absolute Gasteiger partial charge is 0.266 e. The summed E-state index contributed by atoms with van der Waals surface area (Å²) in [4.78, 5) is 16.3. The highest BCUT2D eigenvalue weighted by Crippen LogP contribution is 2.25. The molecule has 1 amide bonds. The first kappa shape index (κ1) is 11.6. The molecule has 0 aromatic carbocycles. The Balaban J connectivity index is 2.21. The lowest BCUT2D eigenvalue weighted by Gasteiger charge is -2.04. The van der Waals surface area contributed by atoms with Crippen LogP contribution in [-0.4, -0.2) is 10.9 Å². The molecule has 0 atom stereocenters. The zero-order chi connectivity index (χ0) is 11.5. The monoisotopic (exact) mass is 316 g/mol. The van der Waals surface area contributed by atoms with Crippen LogP contribution in [0.4, 0.5) is 5.69 Å². The third kappa shape index (κ3) is 2.42. The maximum Gasteiger partial charge on any atom is 0.266 e. The van der Waals surface area contributed by atoms with E-state index in [-0.39, 0.29) is 5.91 Å². The Morgan fingerprint density at radius 3 is 2.94 bits per heavy atom. The second-order valence-corrected chi connectivity index (χ2v) is 5.08. The van der Waals surface area contributed by atoms with E-state index >= 15 is 0 Å². The van der Waals surface area contributed by atoms with Gasteiger partial charge in [-0.2, -0.15) is 0 Å². The molecule has 0 spiro atoms. The van der Waals surface area contributed by atoms with Crippen molar-refractivity contribution in [1.82, 2.24) is 4.98 Å². The summed E-state index contributed by atoms with van der Waals surface area (Å²) in [6.45, 7) is 0. The van der Waals surface area contributed by atoms with Crippen LogP contribution in [-0.2, 0) is 0 Å². The number of amides is 1. The Hall–Kier alpha value is -0.910. The zero-order valence-electron chi connectivity index (χ0n) is 7.91. The minimum Gasteiger partial charge on any atom is -0.319 e. The first-order chi connectivity index (χ1) is 7.68. The highest BCUT2D eigenvalue weighted by atomic mass is 79.9. The van der Waals surface area contributed by atoms with Gasteiger partial charge in [-0.15, -0.1) is 11.3 Å². The van der Waals surface area contributed by atoms with Crippen molar-refractivity contribution in [1.29, 1.82) is 0 Å². The van der Waals surface area contributed by atoms with Gasteiger partial charge in [0.15, 0.2) is 0 Å². The summed E-state index contributed by atoms with van der Waals surface area (Å²) < 4.78 is 0.773. The van der Waals surface area contributed by atoms with E-state index in [0.717, 1.165) is 4.47 Å². The van der Waals surface area contributed by atoms with E-state index in [1.807, 2.05) is 11.4 Å². The number of thiophene rings is 1. The molecule has 0 radical (unpaired) electrons. The van der Waals surface area contributed by atoms with Gasteiger partial charge in [0.1, 0.15) is 4.88 Å². The zero-order valence-corrected chi connectivity index (χ0v) is 11.1. The lowest BCUT2D eigenvalue weighted by molar-refractivity contribution is 0.103. The van der Waals surface area contributed by atoms with Crippen molar-refractivity contribution >= 4 is 50.5 Å². The minimum atomic E-state index is -0.197. The molecule has 0 unspecified atom stereocenters. The molecule has 2 aromatic rings. The van der Waals surface area contributed by atoms with Crippen molar-refractivity contribution in [3.05, 3.63) is 44.3 Å². The van der Waals surface area contributed by atoms with Gasteiger partial charge in [-0.25, -0.2) is 0 Å². The van der Waals surface area contributed by atoms with Gasteiger partial charge in [-0.3, -0.25) is 9.78 Å². The minimum absolute atomic E-state index is 0.197. The second kappa shape index (κ2) is 4.95. The van der Waals surface area contributed by atoms with Gasteiger partial charge in [-0.05, 0) is 33.4 Å². The van der Waals surface area contributed by atoms with E-state index in [1.54, 1.807) is 12.3 Å². The van der Waals surface area contributed by atoms with Crippen molar-refractivity contribution < 1.29 is 4.79 Å². The third-order valence-electron chi connectivity index (χ3n) is 1.84. The summed E-state index contributed by atoms with van der Waals surface area (Å²) in [6, 6.07) is 3.45. The van der Waals surface area contributed by atoms with Crippen molar-refractivity contribution in [2.45, 2.75) is 0 Å². The van der Waals surface area contributed by atoms with Crippen LogP contribution >= 0.6 is 38.9 Å². The first-order valence-corrected chi connectivity index (χ1v) is 6.37. The van der Waals surface area contributed by atoms with Crippen LogP contribution in [0.3, 0.4) is 0 Å². The standard InChI is InChI=1S/C10H6BrClN2OS/c11-6-2-4-16-9(6)10(15)14-8-5-13-3-1-7(8)12/h1-5H,(H,14,15). The molecule has 2 rings (SSSR count). The number of hydrogen-bond donors (Lipinski definition) is 1. The van der Waals surface area contributed by atoms with Gasteiger partial charge < -0.3 is 5.32 Å². The SMILES string of the molecule is O=C(Nc1cnccc1Cl)c1sccc1Br. The van der Waals surface area contributed by atoms with Crippen LogP contribution in [0.5, 0.6) is 0 Å². The molecule has 16 heavy (non-hydrogen) atoms. The number of carbonyl (C=O) groups is 1. The molecule has 2 heterocycles. The molecular weight excluding hydrogens is 312 g/mol. The first-order valence-electron chi connectivity index (χ1n) is 4.32. The molecule has 0 aliphatic carbocycles. The van der Waals surface area contributed by atoms with E-state index in [9.17, 15) is 4.79 Å². The highest BCUT2D eigenvalue weighted by Gasteiger charge is 2.12. The maximum atomic E-state index is 11.8. The average Bonchev–Trinajstić information content (AvgIpc) is 2.68. The lowest BCUT2D eigenvalue weighted by atomic mass is 10.4. The Morgan fingerprint density at radius 2 is 2.31 bits per heavy atom. The van der Waals surface area contributed by atoms with Crippen LogP contribution < -0.4 is 5.32 Å². The molecule has 0 bridgehead atoms. The number of rotatable bonds is 2. The molecule has 82 valence electrons. The second-order valence-electron chi connectivity index (χ2n) is 2.91. The molecule has 0 saturated carbocycles. The normalized spacial score (nSPS) is 10.1. The van der Waals surface area contributed by atoms with E-state index < -0.39 is 0 Å². The van der Waals surface area contributed by atoms with Crippen molar-refractivity contribution in [3.8, 4) is 0 Å². The van der Waals surface area contributed by atoms with E-state index in [1.165, 1.54) is 17.5 Å². The van der Waals surface area contributed by atoms with Crippen LogP contribution in [0.2, 0.25) is 5.02 Å². The van der Waals surface area contributed by atoms with Gasteiger partial charge in [-0.1, -0.05) is 11.6 Å². The number of carbonyl (C=O) groups excluding carboxylic acids is 1. The summed E-state index contributed by atoms with van der Waals surface area (Å²) in [5.74, 6) is -0.197.